The Kier molecular flexibility index (Phi) is 12.0. The summed E-state index contributed by atoms with van der Waals surface area (Å²) in [7, 11) is 2.70. The van der Waals surface area contributed by atoms with Gasteiger partial charge in [-0.15, -0.1) is 22.7 Å². The van der Waals surface area contributed by atoms with E-state index in [1.165, 1.54) is 36.8 Å². The monoisotopic (exact) mass is 848 g/mol. The van der Waals surface area contributed by atoms with Crippen LogP contribution in [0.2, 0.25) is 0 Å². The van der Waals surface area contributed by atoms with Gasteiger partial charge in [0.25, 0.3) is 0 Å². The number of rotatable bonds is 13. The van der Waals surface area contributed by atoms with Gasteiger partial charge >= 0.3 is 12.2 Å². The Labute approximate surface area is 353 Å². The second kappa shape index (κ2) is 17.8. The van der Waals surface area contributed by atoms with Crippen molar-refractivity contribution in [2.45, 2.75) is 62.7 Å². The van der Waals surface area contributed by atoms with Crippen LogP contribution >= 0.6 is 22.7 Å². The van der Waals surface area contributed by atoms with Crippen molar-refractivity contribution in [3.63, 3.8) is 0 Å². The summed E-state index contributed by atoms with van der Waals surface area (Å²) in [6, 6.07) is 14.1. The van der Waals surface area contributed by atoms with E-state index >= 15 is 0 Å². The molecule has 1 unspecified atom stereocenters. The number of likely N-dealkylation sites (tertiary alicyclic amines) is 2. The van der Waals surface area contributed by atoms with E-state index in [1.807, 2.05) is 35.0 Å². The zero-order chi connectivity index (χ0) is 41.8. The van der Waals surface area contributed by atoms with Gasteiger partial charge in [-0.05, 0) is 47.9 Å². The molecule has 6 aromatic rings. The summed E-state index contributed by atoms with van der Waals surface area (Å²) in [4.78, 5) is 81.2. The predicted molar refractivity (Wildman–Crippen MR) is 225 cm³/mol. The Hall–Kier alpha value is -6.40. The maximum absolute atomic E-state index is 13.9. The number of carbonyl (C=O) groups is 4. The number of nitrogens with one attached hydrogen (secondary N) is 3. The van der Waals surface area contributed by atoms with Gasteiger partial charge < -0.3 is 34.9 Å². The molecule has 18 heteroatoms. The lowest BCUT2D eigenvalue weighted by atomic mass is 10.0. The van der Waals surface area contributed by atoms with Crippen LogP contribution in [0.3, 0.4) is 0 Å². The number of thiazole rings is 2. The molecule has 2 fully saturated rings. The van der Waals surface area contributed by atoms with Crippen LogP contribution in [0.15, 0.2) is 82.7 Å². The fourth-order valence-electron chi connectivity index (χ4n) is 8.02. The van der Waals surface area contributed by atoms with Crippen molar-refractivity contribution in [2.24, 2.45) is 0 Å². The lowest BCUT2D eigenvalue weighted by molar-refractivity contribution is -0.137. The number of aromatic amines is 2. The van der Waals surface area contributed by atoms with E-state index in [1.54, 1.807) is 33.2 Å². The highest BCUT2D eigenvalue weighted by Gasteiger charge is 2.39. The van der Waals surface area contributed by atoms with Crippen molar-refractivity contribution < 1.29 is 29.0 Å². The van der Waals surface area contributed by atoms with Gasteiger partial charge in [0.15, 0.2) is 0 Å². The Balaban J connectivity index is 0.917. The molecule has 0 spiro atoms. The summed E-state index contributed by atoms with van der Waals surface area (Å²) in [6.07, 6.45) is 5.25. The first-order valence-electron chi connectivity index (χ1n) is 19.6. The largest absolute Gasteiger partial charge is 0.465 e. The van der Waals surface area contributed by atoms with Crippen LogP contribution in [0, 0.1) is 0 Å². The number of amides is 4. The average Bonchev–Trinajstić information content (AvgIpc) is 4.12. The third kappa shape index (κ3) is 8.65. The summed E-state index contributed by atoms with van der Waals surface area (Å²) in [6.45, 7) is 1.07. The fourth-order valence-corrected chi connectivity index (χ4v) is 9.16. The zero-order valence-corrected chi connectivity index (χ0v) is 34.6. The lowest BCUT2D eigenvalue weighted by Gasteiger charge is -2.31. The molecular weight excluding hydrogens is 805 g/mol. The molecule has 2 saturated heterocycles. The molecule has 4 amide bonds. The first kappa shape index (κ1) is 40.4. The highest BCUT2D eigenvalue weighted by atomic mass is 32.1. The van der Waals surface area contributed by atoms with Crippen molar-refractivity contribution in [3.05, 3.63) is 106 Å². The summed E-state index contributed by atoms with van der Waals surface area (Å²) in [5, 5.41) is 16.1. The first-order valence-corrected chi connectivity index (χ1v) is 21.5. The van der Waals surface area contributed by atoms with Crippen LogP contribution in [0.1, 0.15) is 60.8 Å². The number of carbonyl (C=O) groups excluding carboxylic acids is 3. The lowest BCUT2D eigenvalue weighted by Crippen LogP contribution is -2.50. The smallest absolute Gasteiger partial charge is 0.407 e. The summed E-state index contributed by atoms with van der Waals surface area (Å²) >= 11 is 2.84. The van der Waals surface area contributed by atoms with Crippen molar-refractivity contribution >= 4 is 46.7 Å². The molecule has 60 heavy (non-hydrogen) atoms. The molecule has 16 nitrogen and oxygen atoms in total. The quantitative estimate of drug-likeness (QED) is 0.0986. The van der Waals surface area contributed by atoms with Gasteiger partial charge in [-0.1, -0.05) is 48.5 Å². The topological polar surface area (TPSA) is 203 Å². The fraction of sp³-hybridized carbons (Fsp3) is 0.333. The van der Waals surface area contributed by atoms with E-state index in [2.05, 4.69) is 59.5 Å². The average molecular weight is 849 g/mol. The summed E-state index contributed by atoms with van der Waals surface area (Å²) in [5.74, 6) is 0.898. The Bertz CT molecular complexity index is 2420. The number of imidazole rings is 2. The maximum atomic E-state index is 13.9. The number of methoxy groups -OCH3 is 1. The zero-order valence-electron chi connectivity index (χ0n) is 33.0. The van der Waals surface area contributed by atoms with Gasteiger partial charge in [0, 0.05) is 43.7 Å². The highest BCUT2D eigenvalue weighted by Crippen LogP contribution is 2.35. The van der Waals surface area contributed by atoms with E-state index in [9.17, 15) is 24.3 Å². The Morgan fingerprint density at radius 2 is 1.25 bits per heavy atom. The van der Waals surface area contributed by atoms with E-state index in [0.29, 0.717) is 30.4 Å². The number of carboxylic acid groups (broad SMARTS) is 1. The molecule has 0 bridgehead atoms. The minimum Gasteiger partial charge on any atom is -0.465 e. The number of alkyl carbamates (subject to hydrolysis) is 1. The Morgan fingerprint density at radius 1 is 0.767 bits per heavy atom. The van der Waals surface area contributed by atoms with Crippen molar-refractivity contribution in [2.75, 3.05) is 27.2 Å². The number of ether oxygens (including phenoxy) is 1. The minimum atomic E-state index is -1.17. The van der Waals surface area contributed by atoms with E-state index in [4.69, 9.17) is 4.74 Å². The Morgan fingerprint density at radius 3 is 1.72 bits per heavy atom. The molecule has 0 radical (unpaired) electrons. The van der Waals surface area contributed by atoms with Gasteiger partial charge in [-0.25, -0.2) is 29.5 Å². The maximum Gasteiger partial charge on any atom is 0.407 e. The second-order valence-corrected chi connectivity index (χ2v) is 16.3. The normalized spacial score (nSPS) is 17.4. The second-order valence-electron chi connectivity index (χ2n) is 14.9. The summed E-state index contributed by atoms with van der Waals surface area (Å²) in [5.41, 5.74) is 10.4. The molecule has 8 rings (SSSR count). The predicted octanol–water partition coefficient (Wildman–Crippen LogP) is 6.56. The molecule has 0 saturated carbocycles. The number of nitrogens with zero attached hydrogens (tertiary/aromatic N) is 7. The number of aromatic nitrogens is 6. The number of benzene rings is 2. The van der Waals surface area contributed by atoms with Crippen LogP contribution in [0.25, 0.3) is 33.6 Å². The molecule has 310 valence electrons. The van der Waals surface area contributed by atoms with Gasteiger partial charge in [-0.2, -0.15) is 0 Å². The summed E-state index contributed by atoms with van der Waals surface area (Å²) < 4.78 is 4.80. The molecule has 2 aromatic carbocycles. The molecule has 0 aliphatic carbocycles. The molecule has 4 aromatic heterocycles. The van der Waals surface area contributed by atoms with E-state index in [-0.39, 0.29) is 36.7 Å². The standard InChI is InChI=1S/C42H44N10O6S2/c1-50(42(56)57)36(18-30-22-60-24-46-30)40(54)52-16-4-6-35(52)38-44-20-33(48-38)28-13-9-26(10-14-28)25-7-11-27(12-8-25)32-19-43-37(47-32)34-5-3-15-51(34)39(53)31(49-41(55)58-2)17-29-21-59-23-45-29/h7-14,19-24,31,34-36H,3-6,15-18H2,1-2H3,(H,43,47)(H,44,48)(H,49,55)(H,56,57)/t31-,34?,35-,36-/m0/s1. The number of likely N-dealkylation sites (N-methyl/N-ethyl adjacent to an activating group) is 1. The minimum absolute atomic E-state index is 0.204. The van der Waals surface area contributed by atoms with Crippen molar-refractivity contribution in [1.82, 2.24) is 49.9 Å². The van der Waals surface area contributed by atoms with Crippen molar-refractivity contribution in [3.8, 4) is 33.6 Å². The highest BCUT2D eigenvalue weighted by molar-refractivity contribution is 7.07. The molecule has 6 heterocycles. The van der Waals surface area contributed by atoms with Crippen LogP contribution in [0.5, 0.6) is 0 Å². The van der Waals surface area contributed by atoms with E-state index in [0.717, 1.165) is 69.9 Å². The molecular formula is C42H44N10O6S2. The molecule has 2 aliphatic heterocycles. The SMILES string of the molecule is COC(=O)N[C@@H](Cc1cscn1)C(=O)N1CCCC1c1ncc(-c2ccc(-c3ccc(-c4cnc([C@@H]5CCCN5C(=O)[C@H](Cc5cscn5)N(C)C(=O)O)[nH]4)cc3)cc2)[nH]1. The van der Waals surface area contributed by atoms with Crippen molar-refractivity contribution in [1.29, 1.82) is 0 Å². The van der Waals surface area contributed by atoms with Gasteiger partial charge in [-0.3, -0.25) is 14.5 Å². The van der Waals surface area contributed by atoms with Gasteiger partial charge in [0.2, 0.25) is 11.8 Å². The third-order valence-electron chi connectivity index (χ3n) is 11.2. The number of hydrogen-bond acceptors (Lipinski definition) is 11. The van der Waals surface area contributed by atoms with Gasteiger partial charge in [0.05, 0.1) is 65.4 Å². The van der Waals surface area contributed by atoms with Crippen LogP contribution in [-0.4, -0.2) is 113 Å². The number of hydrogen-bond donors (Lipinski definition) is 4. The van der Waals surface area contributed by atoms with Crippen LogP contribution in [0.4, 0.5) is 9.59 Å². The van der Waals surface area contributed by atoms with Gasteiger partial charge in [0.1, 0.15) is 23.7 Å². The third-order valence-corrected chi connectivity index (χ3v) is 12.5. The molecule has 4 N–H and O–H groups in total. The number of H-pyrrole nitrogens is 2. The van der Waals surface area contributed by atoms with Crippen LogP contribution in [-0.2, 0) is 27.2 Å². The van der Waals surface area contributed by atoms with Crippen LogP contribution < -0.4 is 5.32 Å². The molecule has 2 aliphatic rings. The first-order chi connectivity index (χ1) is 29.2. The van der Waals surface area contributed by atoms with E-state index < -0.39 is 24.3 Å². The molecule has 4 atom stereocenters.